The molecule has 1 N–H and O–H groups in total. The Morgan fingerprint density at radius 2 is 2.00 bits per heavy atom. The average Bonchev–Trinajstić information content (AvgIpc) is 2.11. The fraction of sp³-hybridized carbons (Fsp3) is 0.400. The number of rotatable bonds is 0. The van der Waals surface area contributed by atoms with Crippen molar-refractivity contribution in [1.29, 1.82) is 0 Å². The monoisotopic (exact) mass is 276 g/mol. The minimum atomic E-state index is -4.32. The van der Waals surface area contributed by atoms with Gasteiger partial charge in [-0.3, -0.25) is 5.10 Å². The zero-order valence-corrected chi connectivity index (χ0v) is 7.62. The van der Waals surface area contributed by atoms with Crippen molar-refractivity contribution in [3.05, 3.63) is 15.0 Å². The molecule has 6 heteroatoms. The van der Waals surface area contributed by atoms with Gasteiger partial charge in [0.25, 0.3) is 0 Å². The second-order valence-corrected chi connectivity index (χ2v) is 3.03. The van der Waals surface area contributed by atoms with Gasteiger partial charge < -0.3 is 0 Å². The van der Waals surface area contributed by atoms with Crippen LogP contribution in [0.2, 0.25) is 0 Å². The van der Waals surface area contributed by atoms with Crippen molar-refractivity contribution in [3.8, 4) is 0 Å². The Hall–Kier alpha value is -0.270. The molecule has 0 aliphatic carbocycles. The Kier molecular flexibility index (Phi) is 2.13. The summed E-state index contributed by atoms with van der Waals surface area (Å²) in [7, 11) is 0. The third-order valence-electron chi connectivity index (χ3n) is 1.23. The Labute approximate surface area is 74.3 Å². The molecule has 0 aliphatic rings. The van der Waals surface area contributed by atoms with Gasteiger partial charge in [-0.2, -0.15) is 18.3 Å². The molecule has 11 heavy (non-hydrogen) atoms. The first kappa shape index (κ1) is 8.82. The largest absolute Gasteiger partial charge is 0.433 e. The van der Waals surface area contributed by atoms with Crippen LogP contribution in [0.1, 0.15) is 11.3 Å². The first-order valence-electron chi connectivity index (χ1n) is 2.70. The Balaban J connectivity index is 3.15. The van der Waals surface area contributed by atoms with E-state index in [-0.39, 0.29) is 5.56 Å². The molecule has 62 valence electrons. The maximum atomic E-state index is 12.0. The minimum absolute atomic E-state index is 0.151. The molecule has 2 nitrogen and oxygen atoms in total. The molecule has 0 fully saturated rings. The molecule has 0 amide bonds. The number of alkyl halides is 3. The number of nitrogens with zero attached hydrogens (tertiary/aromatic N) is 1. The SMILES string of the molecule is Cc1c(I)n[nH]c1C(F)(F)F. The number of halogens is 4. The molecule has 0 radical (unpaired) electrons. The number of hydrogen-bond acceptors (Lipinski definition) is 1. The van der Waals surface area contributed by atoms with Gasteiger partial charge >= 0.3 is 6.18 Å². The van der Waals surface area contributed by atoms with Gasteiger partial charge in [0.05, 0.1) is 0 Å². The van der Waals surface area contributed by atoms with Gasteiger partial charge in [-0.25, -0.2) is 0 Å². The molecular formula is C5H4F3IN2. The van der Waals surface area contributed by atoms with Crippen LogP contribution in [0.25, 0.3) is 0 Å². The summed E-state index contributed by atoms with van der Waals surface area (Å²) in [5, 5.41) is 5.36. The molecule has 0 aliphatic heterocycles. The van der Waals surface area contributed by atoms with E-state index in [2.05, 4.69) is 5.10 Å². The van der Waals surface area contributed by atoms with E-state index < -0.39 is 11.9 Å². The molecule has 0 aromatic carbocycles. The van der Waals surface area contributed by atoms with E-state index in [1.54, 1.807) is 22.6 Å². The normalized spacial score (nSPS) is 12.1. The molecule has 0 saturated carbocycles. The van der Waals surface area contributed by atoms with Crippen LogP contribution >= 0.6 is 22.6 Å². The summed E-state index contributed by atoms with van der Waals surface area (Å²) in [6.45, 7) is 1.38. The van der Waals surface area contributed by atoms with Gasteiger partial charge in [0.2, 0.25) is 0 Å². The van der Waals surface area contributed by atoms with Crippen molar-refractivity contribution in [2.45, 2.75) is 13.1 Å². The number of aromatic amines is 1. The summed E-state index contributed by atoms with van der Waals surface area (Å²) in [5.41, 5.74) is -0.611. The molecule has 0 saturated heterocycles. The van der Waals surface area contributed by atoms with Crippen molar-refractivity contribution >= 4 is 22.6 Å². The van der Waals surface area contributed by atoms with Crippen LogP contribution in [0.15, 0.2) is 0 Å². The zero-order valence-electron chi connectivity index (χ0n) is 5.46. The minimum Gasteiger partial charge on any atom is -0.272 e. The van der Waals surface area contributed by atoms with Crippen LogP contribution in [0.4, 0.5) is 13.2 Å². The highest BCUT2D eigenvalue weighted by Gasteiger charge is 2.35. The molecule has 0 unspecified atom stereocenters. The third kappa shape index (κ3) is 1.66. The van der Waals surface area contributed by atoms with Crippen molar-refractivity contribution < 1.29 is 13.2 Å². The number of hydrogen-bond donors (Lipinski definition) is 1. The third-order valence-corrected chi connectivity index (χ3v) is 2.28. The Bertz CT molecular complexity index is 265. The maximum absolute atomic E-state index is 12.0. The van der Waals surface area contributed by atoms with E-state index in [0.29, 0.717) is 3.70 Å². The predicted octanol–water partition coefficient (Wildman–Crippen LogP) is 2.34. The quantitative estimate of drug-likeness (QED) is 0.724. The highest BCUT2D eigenvalue weighted by molar-refractivity contribution is 14.1. The van der Waals surface area contributed by atoms with Crippen LogP contribution < -0.4 is 0 Å². The van der Waals surface area contributed by atoms with E-state index >= 15 is 0 Å². The highest BCUT2D eigenvalue weighted by atomic mass is 127. The molecule has 1 rings (SSSR count). The van der Waals surface area contributed by atoms with Gasteiger partial charge in [0, 0.05) is 5.56 Å². The molecule has 1 aromatic rings. The van der Waals surface area contributed by atoms with Crippen LogP contribution in [0.5, 0.6) is 0 Å². The van der Waals surface area contributed by atoms with Crippen molar-refractivity contribution in [2.75, 3.05) is 0 Å². The second-order valence-electron chi connectivity index (χ2n) is 2.01. The average molecular weight is 276 g/mol. The fourth-order valence-corrected chi connectivity index (χ4v) is 1.04. The zero-order chi connectivity index (χ0) is 8.65. The summed E-state index contributed by atoms with van der Waals surface area (Å²) in [6, 6.07) is 0. The number of aromatic nitrogens is 2. The standard InChI is InChI=1S/C5H4F3IN2/c1-2-3(5(6,7)8)10-11-4(2)9/h1H3,(H,10,11). The van der Waals surface area contributed by atoms with Crippen molar-refractivity contribution in [3.63, 3.8) is 0 Å². The Morgan fingerprint density at radius 3 is 2.18 bits per heavy atom. The van der Waals surface area contributed by atoms with Gasteiger partial charge in [-0.15, -0.1) is 0 Å². The summed E-state index contributed by atoms with van der Waals surface area (Å²) < 4.78 is 36.3. The van der Waals surface area contributed by atoms with E-state index in [1.807, 2.05) is 5.10 Å². The van der Waals surface area contributed by atoms with Crippen LogP contribution in [-0.2, 0) is 6.18 Å². The molecule has 0 atom stereocenters. The Morgan fingerprint density at radius 1 is 1.45 bits per heavy atom. The molecular weight excluding hydrogens is 272 g/mol. The maximum Gasteiger partial charge on any atom is 0.433 e. The summed E-state index contributed by atoms with van der Waals surface area (Å²) in [6.07, 6.45) is -4.32. The lowest BCUT2D eigenvalue weighted by molar-refractivity contribution is -0.141. The van der Waals surface area contributed by atoms with E-state index in [4.69, 9.17) is 0 Å². The fourth-order valence-electron chi connectivity index (χ4n) is 0.652. The van der Waals surface area contributed by atoms with E-state index in [9.17, 15) is 13.2 Å². The summed E-state index contributed by atoms with van der Waals surface area (Å²) in [4.78, 5) is 0. The lowest BCUT2D eigenvalue weighted by Gasteiger charge is -2.02. The lowest BCUT2D eigenvalue weighted by Crippen LogP contribution is -2.07. The van der Waals surface area contributed by atoms with Gasteiger partial charge in [-0.05, 0) is 29.5 Å². The van der Waals surface area contributed by atoms with Crippen LogP contribution in [0, 0.1) is 10.6 Å². The molecule has 1 heterocycles. The second kappa shape index (κ2) is 2.65. The predicted molar refractivity (Wildman–Crippen MR) is 41.0 cm³/mol. The first-order valence-corrected chi connectivity index (χ1v) is 3.78. The van der Waals surface area contributed by atoms with Crippen molar-refractivity contribution in [2.24, 2.45) is 0 Å². The topological polar surface area (TPSA) is 28.7 Å². The summed E-state index contributed by atoms with van der Waals surface area (Å²) >= 11 is 1.74. The number of H-pyrrole nitrogens is 1. The van der Waals surface area contributed by atoms with E-state index in [0.717, 1.165) is 0 Å². The van der Waals surface area contributed by atoms with Crippen LogP contribution in [-0.4, -0.2) is 10.2 Å². The molecule has 0 bridgehead atoms. The van der Waals surface area contributed by atoms with Crippen molar-refractivity contribution in [1.82, 2.24) is 10.2 Å². The van der Waals surface area contributed by atoms with Gasteiger partial charge in [0.15, 0.2) is 0 Å². The summed E-state index contributed by atoms with van der Waals surface area (Å²) in [5.74, 6) is 0. The van der Waals surface area contributed by atoms with Crippen LogP contribution in [0.3, 0.4) is 0 Å². The number of nitrogens with one attached hydrogen (secondary N) is 1. The molecule has 1 aromatic heterocycles. The first-order chi connectivity index (χ1) is 4.93. The highest BCUT2D eigenvalue weighted by Crippen LogP contribution is 2.31. The van der Waals surface area contributed by atoms with E-state index in [1.165, 1.54) is 6.92 Å². The van der Waals surface area contributed by atoms with Gasteiger partial charge in [0.1, 0.15) is 9.39 Å². The molecule has 0 spiro atoms. The lowest BCUT2D eigenvalue weighted by atomic mass is 10.3. The van der Waals surface area contributed by atoms with Gasteiger partial charge in [-0.1, -0.05) is 0 Å². The smallest absolute Gasteiger partial charge is 0.272 e.